The zero-order valence-electron chi connectivity index (χ0n) is 19.9. The van der Waals surface area contributed by atoms with E-state index < -0.39 is 0 Å². The van der Waals surface area contributed by atoms with E-state index in [0.29, 0.717) is 29.5 Å². The summed E-state index contributed by atoms with van der Waals surface area (Å²) in [4.78, 5) is 13.0. The van der Waals surface area contributed by atoms with Crippen molar-refractivity contribution < 1.29 is 9.53 Å². The summed E-state index contributed by atoms with van der Waals surface area (Å²) in [6, 6.07) is 21.4. The van der Waals surface area contributed by atoms with E-state index in [1.54, 1.807) is 6.07 Å². The van der Waals surface area contributed by atoms with E-state index in [1.807, 2.05) is 61.9 Å². The highest BCUT2D eigenvalue weighted by Crippen LogP contribution is 2.26. The molecule has 5 nitrogen and oxygen atoms in total. The number of aromatic nitrogens is 2. The van der Waals surface area contributed by atoms with Gasteiger partial charge in [0.05, 0.1) is 28.6 Å². The summed E-state index contributed by atoms with van der Waals surface area (Å²) in [6.45, 7) is 8.90. The van der Waals surface area contributed by atoms with Gasteiger partial charge in [0.15, 0.2) is 0 Å². The first-order valence-electron chi connectivity index (χ1n) is 11.2. The zero-order valence-corrected chi connectivity index (χ0v) is 20.6. The van der Waals surface area contributed by atoms with Crippen LogP contribution in [0.15, 0.2) is 66.7 Å². The molecule has 4 rings (SSSR count). The van der Waals surface area contributed by atoms with Gasteiger partial charge in [-0.05, 0) is 68.7 Å². The summed E-state index contributed by atoms with van der Waals surface area (Å²) < 4.78 is 7.81. The average Bonchev–Trinajstić information content (AvgIpc) is 3.08. The molecule has 0 saturated heterocycles. The highest BCUT2D eigenvalue weighted by molar-refractivity contribution is 6.32. The second-order valence-electron chi connectivity index (χ2n) is 8.57. The molecule has 1 aromatic heterocycles. The first-order valence-corrected chi connectivity index (χ1v) is 11.6. The standard InChI is InChI=1S/C28H28ClN3O2/c1-18-8-11-22(12-9-18)16-32-21(4)27(20(3)31-32)30-28(33)24-7-5-6-23(15-24)17-34-26-14-19(2)10-13-25(26)29/h5-15H,16-17H2,1-4H3,(H,30,33). The maximum Gasteiger partial charge on any atom is 0.255 e. The Morgan fingerprint density at radius 3 is 2.44 bits per heavy atom. The minimum Gasteiger partial charge on any atom is -0.487 e. The molecule has 4 aromatic rings. The third-order valence-corrected chi connectivity index (χ3v) is 6.06. The van der Waals surface area contributed by atoms with Crippen molar-refractivity contribution in [2.24, 2.45) is 0 Å². The van der Waals surface area contributed by atoms with Gasteiger partial charge in [0.25, 0.3) is 5.91 Å². The molecule has 1 heterocycles. The number of nitrogens with one attached hydrogen (secondary N) is 1. The van der Waals surface area contributed by atoms with Crippen LogP contribution >= 0.6 is 11.6 Å². The second kappa shape index (κ2) is 10.1. The van der Waals surface area contributed by atoms with Gasteiger partial charge in [-0.15, -0.1) is 0 Å². The first kappa shape index (κ1) is 23.6. The Balaban J connectivity index is 1.46. The van der Waals surface area contributed by atoms with Crippen molar-refractivity contribution in [2.45, 2.75) is 40.8 Å². The van der Waals surface area contributed by atoms with Gasteiger partial charge in [-0.2, -0.15) is 5.10 Å². The average molecular weight is 474 g/mol. The molecule has 1 N–H and O–H groups in total. The molecule has 3 aromatic carbocycles. The molecule has 0 atom stereocenters. The van der Waals surface area contributed by atoms with Crippen LogP contribution in [0.2, 0.25) is 5.02 Å². The molecule has 174 valence electrons. The normalized spacial score (nSPS) is 10.9. The number of benzene rings is 3. The smallest absolute Gasteiger partial charge is 0.255 e. The molecule has 0 bridgehead atoms. The van der Waals surface area contributed by atoms with Crippen LogP contribution in [-0.4, -0.2) is 15.7 Å². The lowest BCUT2D eigenvalue weighted by atomic mass is 10.1. The molecule has 34 heavy (non-hydrogen) atoms. The lowest BCUT2D eigenvalue weighted by molar-refractivity contribution is 0.102. The Morgan fingerprint density at radius 2 is 1.68 bits per heavy atom. The number of rotatable bonds is 7. The predicted octanol–water partition coefficient (Wildman–Crippen LogP) is 6.65. The lowest BCUT2D eigenvalue weighted by Gasteiger charge is -2.11. The summed E-state index contributed by atoms with van der Waals surface area (Å²) in [5.74, 6) is 0.445. The van der Waals surface area contributed by atoms with Crippen molar-refractivity contribution in [3.8, 4) is 5.75 Å². The number of anilines is 1. The monoisotopic (exact) mass is 473 g/mol. The zero-order chi connectivity index (χ0) is 24.2. The van der Waals surface area contributed by atoms with Crippen LogP contribution in [0.25, 0.3) is 0 Å². The number of hydrogen-bond donors (Lipinski definition) is 1. The highest BCUT2D eigenvalue weighted by atomic mass is 35.5. The van der Waals surface area contributed by atoms with Gasteiger partial charge in [0, 0.05) is 5.56 Å². The molecule has 6 heteroatoms. The van der Waals surface area contributed by atoms with E-state index in [2.05, 4.69) is 41.6 Å². The van der Waals surface area contributed by atoms with Crippen LogP contribution in [0, 0.1) is 27.7 Å². The third kappa shape index (κ3) is 5.49. The Morgan fingerprint density at radius 1 is 0.941 bits per heavy atom. The van der Waals surface area contributed by atoms with Crippen molar-refractivity contribution in [2.75, 3.05) is 5.32 Å². The number of carbonyl (C=O) groups is 1. The van der Waals surface area contributed by atoms with Crippen molar-refractivity contribution in [3.63, 3.8) is 0 Å². The van der Waals surface area contributed by atoms with Gasteiger partial charge in [-0.3, -0.25) is 9.48 Å². The molecule has 0 radical (unpaired) electrons. The number of hydrogen-bond acceptors (Lipinski definition) is 3. The first-order chi connectivity index (χ1) is 16.3. The summed E-state index contributed by atoms with van der Waals surface area (Å²) in [6.07, 6.45) is 0. The van der Waals surface area contributed by atoms with Crippen LogP contribution in [0.5, 0.6) is 5.75 Å². The molecular weight excluding hydrogens is 446 g/mol. The molecule has 0 aliphatic heterocycles. The number of amides is 1. The fourth-order valence-electron chi connectivity index (χ4n) is 3.77. The molecule has 0 aliphatic rings. The number of carbonyl (C=O) groups excluding carboxylic acids is 1. The van der Waals surface area contributed by atoms with Gasteiger partial charge < -0.3 is 10.1 Å². The second-order valence-corrected chi connectivity index (χ2v) is 8.97. The maximum atomic E-state index is 13.0. The summed E-state index contributed by atoms with van der Waals surface area (Å²) in [5.41, 5.74) is 7.34. The van der Waals surface area contributed by atoms with Gasteiger partial charge >= 0.3 is 0 Å². The summed E-state index contributed by atoms with van der Waals surface area (Å²) in [7, 11) is 0. The molecule has 0 fully saturated rings. The van der Waals surface area contributed by atoms with Crippen LogP contribution in [0.1, 0.15) is 44.0 Å². The fourth-order valence-corrected chi connectivity index (χ4v) is 3.94. The SMILES string of the molecule is Cc1ccc(Cn2nc(C)c(NC(=O)c3cccc(COc4cc(C)ccc4Cl)c3)c2C)cc1. The van der Waals surface area contributed by atoms with Crippen molar-refractivity contribution in [3.05, 3.63) is 111 Å². The van der Waals surface area contributed by atoms with E-state index in [9.17, 15) is 4.79 Å². The van der Waals surface area contributed by atoms with Crippen LogP contribution in [-0.2, 0) is 13.2 Å². The van der Waals surface area contributed by atoms with Gasteiger partial charge in [-0.25, -0.2) is 0 Å². The van der Waals surface area contributed by atoms with Gasteiger partial charge in [-0.1, -0.05) is 59.6 Å². The predicted molar refractivity (Wildman–Crippen MR) is 137 cm³/mol. The molecule has 0 saturated carbocycles. The quantitative estimate of drug-likeness (QED) is 0.327. The minimum absolute atomic E-state index is 0.184. The van der Waals surface area contributed by atoms with Crippen LogP contribution in [0.4, 0.5) is 5.69 Å². The topological polar surface area (TPSA) is 56.2 Å². The summed E-state index contributed by atoms with van der Waals surface area (Å²) in [5, 5.41) is 8.25. The fraction of sp³-hybridized carbons (Fsp3) is 0.214. The Bertz CT molecular complexity index is 1330. The van der Waals surface area contributed by atoms with Gasteiger partial charge in [0.2, 0.25) is 0 Å². The van der Waals surface area contributed by atoms with E-state index >= 15 is 0 Å². The third-order valence-electron chi connectivity index (χ3n) is 5.74. The number of nitrogens with zero attached hydrogens (tertiary/aromatic N) is 2. The molecule has 0 aliphatic carbocycles. The Kier molecular flexibility index (Phi) is 7.03. The van der Waals surface area contributed by atoms with E-state index in [4.69, 9.17) is 16.3 Å². The van der Waals surface area contributed by atoms with Crippen LogP contribution < -0.4 is 10.1 Å². The molecular formula is C28H28ClN3O2. The maximum absolute atomic E-state index is 13.0. The lowest BCUT2D eigenvalue weighted by Crippen LogP contribution is -2.14. The minimum atomic E-state index is -0.184. The van der Waals surface area contributed by atoms with E-state index in [-0.39, 0.29) is 5.91 Å². The summed E-state index contributed by atoms with van der Waals surface area (Å²) >= 11 is 6.23. The number of ether oxygens (including phenoxy) is 1. The van der Waals surface area contributed by atoms with Crippen molar-refractivity contribution in [1.29, 1.82) is 0 Å². The van der Waals surface area contributed by atoms with Crippen molar-refractivity contribution in [1.82, 2.24) is 9.78 Å². The molecule has 1 amide bonds. The largest absolute Gasteiger partial charge is 0.487 e. The highest BCUT2D eigenvalue weighted by Gasteiger charge is 2.16. The molecule has 0 spiro atoms. The number of aryl methyl sites for hydroxylation is 3. The van der Waals surface area contributed by atoms with E-state index in [1.165, 1.54) is 5.56 Å². The molecule has 0 unspecified atom stereocenters. The Labute approximate surface area is 205 Å². The Hall–Kier alpha value is -3.57. The number of halogens is 1. The van der Waals surface area contributed by atoms with Gasteiger partial charge in [0.1, 0.15) is 12.4 Å². The van der Waals surface area contributed by atoms with E-state index in [0.717, 1.165) is 33.8 Å². The van der Waals surface area contributed by atoms with Crippen molar-refractivity contribution >= 4 is 23.2 Å². The van der Waals surface area contributed by atoms with Crippen LogP contribution in [0.3, 0.4) is 0 Å².